The van der Waals surface area contributed by atoms with Crippen LogP contribution in [0.25, 0.3) is 22.4 Å². The number of rotatable bonds is 10. The topological polar surface area (TPSA) is 125 Å². The van der Waals surface area contributed by atoms with E-state index in [4.69, 9.17) is 4.74 Å². The van der Waals surface area contributed by atoms with Crippen molar-refractivity contribution in [2.45, 2.75) is 19.1 Å². The van der Waals surface area contributed by atoms with Gasteiger partial charge in [-0.05, 0) is 59.7 Å². The van der Waals surface area contributed by atoms with Crippen LogP contribution in [0.4, 0.5) is 18.9 Å². The number of H-pyrrole nitrogens is 1. The molecule has 230 valence electrons. The van der Waals surface area contributed by atoms with Crippen molar-refractivity contribution in [3.05, 3.63) is 113 Å². The molecule has 5 aromatic rings. The molecule has 0 unspecified atom stereocenters. The molecule has 9 nitrogen and oxygen atoms in total. The predicted octanol–water partition coefficient (Wildman–Crippen LogP) is 6.17. The van der Waals surface area contributed by atoms with E-state index in [0.717, 1.165) is 22.7 Å². The maximum absolute atomic E-state index is 13.5. The van der Waals surface area contributed by atoms with Crippen molar-refractivity contribution in [3.63, 3.8) is 0 Å². The number of methoxy groups -OCH3 is 1. The first-order valence-electron chi connectivity index (χ1n) is 13.7. The molecule has 0 saturated carbocycles. The highest BCUT2D eigenvalue weighted by Gasteiger charge is 2.34. The van der Waals surface area contributed by atoms with Crippen molar-refractivity contribution < 1.29 is 37.4 Å². The third kappa shape index (κ3) is 7.47. The molecule has 0 aliphatic rings. The summed E-state index contributed by atoms with van der Waals surface area (Å²) >= 11 is 0. The van der Waals surface area contributed by atoms with Gasteiger partial charge in [0.25, 0.3) is 5.91 Å². The molecule has 0 fully saturated rings. The van der Waals surface area contributed by atoms with Gasteiger partial charge in [-0.25, -0.2) is 4.98 Å². The predicted molar refractivity (Wildman–Crippen MR) is 161 cm³/mol. The zero-order valence-electron chi connectivity index (χ0n) is 23.9. The summed E-state index contributed by atoms with van der Waals surface area (Å²) in [5.41, 5.74) is 2.48. The molecule has 45 heavy (non-hydrogen) atoms. The van der Waals surface area contributed by atoms with Gasteiger partial charge >= 0.3 is 12.1 Å². The van der Waals surface area contributed by atoms with E-state index in [1.165, 1.54) is 48.4 Å². The van der Waals surface area contributed by atoms with Gasteiger partial charge in [-0.2, -0.15) is 13.2 Å². The number of carboxylic acids is 1. The van der Waals surface area contributed by atoms with Crippen molar-refractivity contribution in [3.8, 4) is 17.1 Å². The Labute approximate surface area is 255 Å². The Morgan fingerprint density at radius 3 is 2.31 bits per heavy atom. The smallest absolute Gasteiger partial charge is 0.416 e. The number of hydrogen-bond donors (Lipinski definition) is 3. The van der Waals surface area contributed by atoms with E-state index >= 15 is 0 Å². The number of carboxylic acid groups (broad SMARTS) is 1. The second kappa shape index (κ2) is 12.9. The first-order chi connectivity index (χ1) is 21.5. The molecule has 0 bridgehead atoms. The first kappa shape index (κ1) is 30.8. The second-order valence-electron chi connectivity index (χ2n) is 10.2. The fraction of sp³-hybridized carbons (Fsp3) is 0.152. The molecule has 2 amide bonds. The molecular weight excluding hydrogens is 589 g/mol. The summed E-state index contributed by atoms with van der Waals surface area (Å²) in [4.78, 5) is 46.4. The Morgan fingerprint density at radius 1 is 0.956 bits per heavy atom. The minimum Gasteiger partial charge on any atom is -0.497 e. The van der Waals surface area contributed by atoms with Crippen LogP contribution in [0.3, 0.4) is 0 Å². The van der Waals surface area contributed by atoms with Crippen LogP contribution in [0, 0.1) is 0 Å². The Balaban J connectivity index is 1.25. The van der Waals surface area contributed by atoms with Crippen LogP contribution in [-0.2, 0) is 28.7 Å². The first-order valence-corrected chi connectivity index (χ1v) is 13.7. The molecule has 5 rings (SSSR count). The summed E-state index contributed by atoms with van der Waals surface area (Å²) in [6.07, 6.45) is -5.22. The maximum Gasteiger partial charge on any atom is 0.416 e. The molecule has 0 aliphatic heterocycles. The minimum atomic E-state index is -4.68. The Bertz CT molecular complexity index is 1820. The number of amides is 2. The number of aromatic nitrogens is 2. The number of imidazole rings is 1. The van der Waals surface area contributed by atoms with Crippen LogP contribution in [-0.4, -0.2) is 51.4 Å². The van der Waals surface area contributed by atoms with Crippen molar-refractivity contribution in [1.29, 1.82) is 0 Å². The van der Waals surface area contributed by atoms with Gasteiger partial charge in [0.2, 0.25) is 5.91 Å². The van der Waals surface area contributed by atoms with Gasteiger partial charge in [0, 0.05) is 23.4 Å². The zero-order valence-corrected chi connectivity index (χ0v) is 23.9. The number of aromatic amines is 1. The summed E-state index contributed by atoms with van der Waals surface area (Å²) in [6, 6.07) is 23.9. The number of ether oxygens (including phenoxy) is 1. The number of carbonyl (C=O) groups excluding carboxylic acids is 2. The van der Waals surface area contributed by atoms with E-state index in [1.54, 1.807) is 12.1 Å². The monoisotopic (exact) mass is 616 g/mol. The summed E-state index contributed by atoms with van der Waals surface area (Å²) < 4.78 is 45.4. The molecular formula is C33H27F3N4O5. The molecule has 4 aromatic carbocycles. The van der Waals surface area contributed by atoms with Gasteiger partial charge in [0.05, 0.1) is 30.1 Å². The summed E-state index contributed by atoms with van der Waals surface area (Å²) in [7, 11) is 1.25. The average Bonchev–Trinajstić information content (AvgIpc) is 3.45. The van der Waals surface area contributed by atoms with Crippen molar-refractivity contribution >= 4 is 34.5 Å². The SMILES string of the molecule is COc1ccc(CC(=O)Nc2ccc(C(=O)N(CC(=O)O)Cc3ccc(-c4nc5ccccc5[nH]4)cc3)cc2)c(C(F)(F)F)c1. The number of hydrogen-bond acceptors (Lipinski definition) is 5. The summed E-state index contributed by atoms with van der Waals surface area (Å²) in [5.74, 6) is -1.74. The third-order valence-electron chi connectivity index (χ3n) is 6.99. The standard InChI is InChI=1S/C33H27F3N4O5/c1-45-25-15-12-23(26(17-25)33(34,35)36)16-29(41)37-24-13-10-22(11-14-24)32(44)40(19-30(42)43)18-20-6-8-21(9-7-20)31-38-27-4-2-3-5-28(27)39-31/h2-15,17H,16,18-19H2,1H3,(H,37,41)(H,38,39)(H,42,43). The number of para-hydroxylation sites is 2. The number of benzene rings is 4. The number of nitrogens with one attached hydrogen (secondary N) is 2. The van der Waals surface area contributed by atoms with E-state index in [0.29, 0.717) is 11.4 Å². The zero-order chi connectivity index (χ0) is 32.1. The van der Waals surface area contributed by atoms with Crippen LogP contribution in [0.1, 0.15) is 27.0 Å². The molecule has 1 aromatic heterocycles. The largest absolute Gasteiger partial charge is 0.497 e. The van der Waals surface area contributed by atoms with Crippen LogP contribution in [0.15, 0.2) is 91.0 Å². The minimum absolute atomic E-state index is 0.0170. The van der Waals surface area contributed by atoms with Gasteiger partial charge < -0.3 is 25.0 Å². The number of halogens is 3. The lowest BCUT2D eigenvalue weighted by Gasteiger charge is -2.21. The second-order valence-corrected chi connectivity index (χ2v) is 10.2. The molecule has 0 radical (unpaired) electrons. The normalized spacial score (nSPS) is 11.3. The van der Waals surface area contributed by atoms with E-state index in [-0.39, 0.29) is 29.1 Å². The van der Waals surface area contributed by atoms with Gasteiger partial charge in [-0.15, -0.1) is 0 Å². The van der Waals surface area contributed by atoms with Crippen molar-refractivity contribution in [2.75, 3.05) is 19.0 Å². The number of anilines is 1. The Morgan fingerprint density at radius 2 is 1.67 bits per heavy atom. The molecule has 12 heteroatoms. The van der Waals surface area contributed by atoms with E-state index in [1.807, 2.05) is 36.4 Å². The molecule has 1 heterocycles. The molecule has 3 N–H and O–H groups in total. The molecule has 0 spiro atoms. The fourth-order valence-corrected chi connectivity index (χ4v) is 4.80. The van der Waals surface area contributed by atoms with E-state index < -0.39 is 42.5 Å². The highest BCUT2D eigenvalue weighted by molar-refractivity contribution is 5.97. The number of aliphatic carboxylic acids is 1. The summed E-state index contributed by atoms with van der Waals surface area (Å²) in [6.45, 7) is -0.528. The molecule has 0 atom stereocenters. The molecule has 0 aliphatic carbocycles. The van der Waals surface area contributed by atoms with Gasteiger partial charge in [0.15, 0.2) is 0 Å². The third-order valence-corrected chi connectivity index (χ3v) is 6.99. The van der Waals surface area contributed by atoms with E-state index in [2.05, 4.69) is 15.3 Å². The number of nitrogens with zero attached hydrogens (tertiary/aromatic N) is 2. The quantitative estimate of drug-likeness (QED) is 0.173. The van der Waals surface area contributed by atoms with Gasteiger partial charge in [-0.3, -0.25) is 14.4 Å². The number of carbonyl (C=O) groups is 3. The van der Waals surface area contributed by atoms with Crippen molar-refractivity contribution in [2.24, 2.45) is 0 Å². The van der Waals surface area contributed by atoms with Crippen LogP contribution in [0.5, 0.6) is 5.75 Å². The Kier molecular flexibility index (Phi) is 8.84. The lowest BCUT2D eigenvalue weighted by Crippen LogP contribution is -2.35. The summed E-state index contributed by atoms with van der Waals surface area (Å²) in [5, 5.41) is 12.0. The highest BCUT2D eigenvalue weighted by Crippen LogP contribution is 2.35. The van der Waals surface area contributed by atoms with Crippen LogP contribution in [0.2, 0.25) is 0 Å². The van der Waals surface area contributed by atoms with Crippen LogP contribution >= 0.6 is 0 Å². The van der Waals surface area contributed by atoms with Crippen molar-refractivity contribution in [1.82, 2.24) is 14.9 Å². The molecule has 0 saturated heterocycles. The lowest BCUT2D eigenvalue weighted by atomic mass is 10.0. The van der Waals surface area contributed by atoms with Crippen LogP contribution < -0.4 is 10.1 Å². The number of fused-ring (bicyclic) bond motifs is 1. The number of alkyl halides is 3. The average molecular weight is 617 g/mol. The maximum atomic E-state index is 13.5. The van der Waals surface area contributed by atoms with Gasteiger partial charge in [0.1, 0.15) is 18.1 Å². The van der Waals surface area contributed by atoms with E-state index in [9.17, 15) is 32.7 Å². The van der Waals surface area contributed by atoms with Gasteiger partial charge in [-0.1, -0.05) is 42.5 Å². The lowest BCUT2D eigenvalue weighted by molar-refractivity contribution is -0.139. The highest BCUT2D eigenvalue weighted by atomic mass is 19.4. The fourth-order valence-electron chi connectivity index (χ4n) is 4.80. The Hall–Kier alpha value is -5.65.